The Balaban J connectivity index is 2.21. The van der Waals surface area contributed by atoms with E-state index in [1.165, 1.54) is 19.8 Å². The van der Waals surface area contributed by atoms with Gasteiger partial charge in [-0.3, -0.25) is 0 Å². The van der Waals surface area contributed by atoms with E-state index in [1.807, 2.05) is 37.3 Å². The summed E-state index contributed by atoms with van der Waals surface area (Å²) >= 11 is 0. The highest BCUT2D eigenvalue weighted by Crippen LogP contribution is 2.18. The highest BCUT2D eigenvalue weighted by molar-refractivity contribution is 6.43. The first kappa shape index (κ1) is 22.7. The number of rotatable bonds is 7. The summed E-state index contributed by atoms with van der Waals surface area (Å²) in [4.78, 5) is 22.4. The molecule has 0 spiro atoms. The Morgan fingerprint density at radius 1 is 1.07 bits per heavy atom. The van der Waals surface area contributed by atoms with Gasteiger partial charge in [0.25, 0.3) is 0 Å². The predicted molar refractivity (Wildman–Crippen MR) is 117 cm³/mol. The SMILES string of the molecule is CCc1ccccc1C#C/C(C)=N/OCc1c(C)cccc1/C(=N\OC)C(=O)OC. The van der Waals surface area contributed by atoms with Crippen molar-refractivity contribution < 1.29 is 19.2 Å². The van der Waals surface area contributed by atoms with Gasteiger partial charge in [0.2, 0.25) is 0 Å². The van der Waals surface area contributed by atoms with Gasteiger partial charge in [0.15, 0.2) is 5.71 Å². The number of oxime groups is 2. The Hall–Kier alpha value is -3.59. The summed E-state index contributed by atoms with van der Waals surface area (Å²) in [7, 11) is 2.67. The lowest BCUT2D eigenvalue weighted by atomic mass is 9.99. The molecular weight excluding hydrogens is 380 g/mol. The fourth-order valence-electron chi connectivity index (χ4n) is 2.82. The molecule has 0 saturated carbocycles. The van der Waals surface area contributed by atoms with Gasteiger partial charge >= 0.3 is 5.97 Å². The second-order valence-corrected chi connectivity index (χ2v) is 6.43. The molecule has 0 unspecified atom stereocenters. The number of methoxy groups -OCH3 is 1. The number of esters is 1. The first-order valence-electron chi connectivity index (χ1n) is 9.56. The molecule has 6 nitrogen and oxygen atoms in total. The maximum Gasteiger partial charge on any atom is 0.360 e. The van der Waals surface area contributed by atoms with Crippen LogP contribution in [0, 0.1) is 18.8 Å². The van der Waals surface area contributed by atoms with Gasteiger partial charge in [0.05, 0.1) is 7.11 Å². The third-order valence-electron chi connectivity index (χ3n) is 4.41. The average Bonchev–Trinajstić information content (AvgIpc) is 2.76. The molecule has 156 valence electrons. The van der Waals surface area contributed by atoms with Gasteiger partial charge in [0, 0.05) is 16.7 Å². The lowest BCUT2D eigenvalue weighted by Crippen LogP contribution is -2.20. The fourth-order valence-corrected chi connectivity index (χ4v) is 2.82. The van der Waals surface area contributed by atoms with Crippen molar-refractivity contribution >= 4 is 17.4 Å². The van der Waals surface area contributed by atoms with E-state index in [2.05, 4.69) is 35.1 Å². The second-order valence-electron chi connectivity index (χ2n) is 6.43. The largest absolute Gasteiger partial charge is 0.464 e. The summed E-state index contributed by atoms with van der Waals surface area (Å²) < 4.78 is 4.81. The van der Waals surface area contributed by atoms with Crippen molar-refractivity contribution in [3.63, 3.8) is 0 Å². The van der Waals surface area contributed by atoms with E-state index in [0.717, 1.165) is 23.1 Å². The van der Waals surface area contributed by atoms with E-state index in [9.17, 15) is 4.79 Å². The van der Waals surface area contributed by atoms with Gasteiger partial charge in [-0.1, -0.05) is 59.6 Å². The number of carbonyl (C=O) groups is 1. The van der Waals surface area contributed by atoms with E-state index < -0.39 is 5.97 Å². The van der Waals surface area contributed by atoms with Crippen LogP contribution >= 0.6 is 0 Å². The highest BCUT2D eigenvalue weighted by Gasteiger charge is 2.20. The third kappa shape index (κ3) is 5.95. The van der Waals surface area contributed by atoms with Gasteiger partial charge in [-0.05, 0) is 43.4 Å². The fraction of sp³-hybridized carbons (Fsp3) is 0.292. The summed E-state index contributed by atoms with van der Waals surface area (Å²) in [6.45, 7) is 5.95. The monoisotopic (exact) mass is 406 g/mol. The van der Waals surface area contributed by atoms with E-state index >= 15 is 0 Å². The Kier molecular flexibility index (Phi) is 8.64. The second kappa shape index (κ2) is 11.4. The minimum absolute atomic E-state index is 0.0685. The molecule has 0 aliphatic rings. The van der Waals surface area contributed by atoms with E-state index in [-0.39, 0.29) is 12.3 Å². The number of nitrogens with zero attached hydrogens (tertiary/aromatic N) is 2. The van der Waals surface area contributed by atoms with Gasteiger partial charge in [-0.2, -0.15) is 0 Å². The quantitative estimate of drug-likeness (QED) is 0.301. The van der Waals surface area contributed by atoms with Crippen LogP contribution in [0.3, 0.4) is 0 Å². The van der Waals surface area contributed by atoms with Crippen molar-refractivity contribution in [3.05, 3.63) is 70.3 Å². The maximum absolute atomic E-state index is 12.1. The lowest BCUT2D eigenvalue weighted by molar-refractivity contribution is -0.132. The third-order valence-corrected chi connectivity index (χ3v) is 4.41. The van der Waals surface area contributed by atoms with Crippen LogP contribution in [0.2, 0.25) is 0 Å². The molecule has 2 rings (SSSR count). The van der Waals surface area contributed by atoms with Crippen molar-refractivity contribution in [2.45, 2.75) is 33.8 Å². The molecule has 0 atom stereocenters. The molecule has 0 saturated heterocycles. The molecule has 0 fully saturated rings. The van der Waals surface area contributed by atoms with Crippen LogP contribution in [0.25, 0.3) is 0 Å². The van der Waals surface area contributed by atoms with Crippen LogP contribution < -0.4 is 0 Å². The Morgan fingerprint density at radius 2 is 1.83 bits per heavy atom. The Morgan fingerprint density at radius 3 is 2.53 bits per heavy atom. The summed E-state index contributed by atoms with van der Waals surface area (Å²) in [6, 6.07) is 13.5. The van der Waals surface area contributed by atoms with Crippen molar-refractivity contribution in [3.8, 4) is 11.8 Å². The number of hydrogen-bond donors (Lipinski definition) is 0. The molecule has 0 N–H and O–H groups in total. The molecule has 0 bridgehead atoms. The van der Waals surface area contributed by atoms with Crippen LogP contribution in [-0.2, 0) is 32.2 Å². The van der Waals surface area contributed by atoms with Gasteiger partial charge in [-0.15, -0.1) is 0 Å². The standard InChI is InChI=1S/C24H26N2O4/c1-6-19-11-7-8-12-20(19)15-14-18(3)25-30-16-22-17(2)10-9-13-21(22)23(26-29-5)24(27)28-4/h7-13H,6,16H2,1-5H3/b25-18+,26-23+. The van der Waals surface area contributed by atoms with Crippen molar-refractivity contribution in [2.24, 2.45) is 10.3 Å². The van der Waals surface area contributed by atoms with E-state index in [0.29, 0.717) is 11.3 Å². The Labute approximate surface area is 177 Å². The zero-order valence-corrected chi connectivity index (χ0v) is 18.0. The van der Waals surface area contributed by atoms with E-state index in [1.54, 1.807) is 13.0 Å². The first-order chi connectivity index (χ1) is 14.5. The van der Waals surface area contributed by atoms with Gasteiger partial charge < -0.3 is 14.4 Å². The summed E-state index contributed by atoms with van der Waals surface area (Å²) in [5, 5.41) is 7.92. The van der Waals surface area contributed by atoms with Gasteiger partial charge in [-0.25, -0.2) is 4.79 Å². The molecule has 2 aromatic rings. The number of benzene rings is 2. The molecule has 0 amide bonds. The lowest BCUT2D eigenvalue weighted by Gasteiger charge is -2.12. The van der Waals surface area contributed by atoms with Crippen molar-refractivity contribution in [1.29, 1.82) is 0 Å². The first-order valence-corrected chi connectivity index (χ1v) is 9.56. The van der Waals surface area contributed by atoms with Crippen LogP contribution in [0.15, 0.2) is 52.8 Å². The maximum atomic E-state index is 12.1. The molecule has 6 heteroatoms. The predicted octanol–water partition coefficient (Wildman–Crippen LogP) is 4.03. The van der Waals surface area contributed by atoms with Crippen molar-refractivity contribution in [1.82, 2.24) is 0 Å². The molecule has 2 aromatic carbocycles. The Bertz CT molecular complexity index is 1010. The summed E-state index contributed by atoms with van der Waals surface area (Å²) in [5.41, 5.74) is 5.05. The normalized spacial score (nSPS) is 11.4. The highest BCUT2D eigenvalue weighted by atomic mass is 16.6. The number of ether oxygens (including phenoxy) is 1. The van der Waals surface area contributed by atoms with Crippen LogP contribution in [0.5, 0.6) is 0 Å². The minimum atomic E-state index is -0.594. The molecule has 0 aromatic heterocycles. The topological polar surface area (TPSA) is 69.5 Å². The smallest absolute Gasteiger partial charge is 0.360 e. The number of carbonyl (C=O) groups excluding carboxylic acids is 1. The molecule has 0 heterocycles. The van der Waals surface area contributed by atoms with Crippen molar-refractivity contribution in [2.75, 3.05) is 14.2 Å². The zero-order chi connectivity index (χ0) is 21.9. The zero-order valence-electron chi connectivity index (χ0n) is 18.0. The molecule has 0 radical (unpaired) electrons. The number of hydrogen-bond acceptors (Lipinski definition) is 6. The van der Waals surface area contributed by atoms with E-state index in [4.69, 9.17) is 14.4 Å². The van der Waals surface area contributed by atoms with Crippen LogP contribution in [0.4, 0.5) is 0 Å². The molecular formula is C24H26N2O4. The minimum Gasteiger partial charge on any atom is -0.464 e. The average molecular weight is 406 g/mol. The molecule has 0 aliphatic heterocycles. The molecule has 0 aliphatic carbocycles. The van der Waals surface area contributed by atoms with Crippen LogP contribution in [-0.4, -0.2) is 31.6 Å². The summed E-state index contributed by atoms with van der Waals surface area (Å²) in [6.07, 6.45) is 0.916. The van der Waals surface area contributed by atoms with Crippen LogP contribution in [0.1, 0.15) is 41.7 Å². The van der Waals surface area contributed by atoms with Gasteiger partial charge in [0.1, 0.15) is 19.4 Å². The number of aryl methyl sites for hydroxylation is 2. The molecule has 30 heavy (non-hydrogen) atoms. The summed E-state index contributed by atoms with van der Waals surface area (Å²) in [5.74, 6) is 5.56.